The summed E-state index contributed by atoms with van der Waals surface area (Å²) in [5.41, 5.74) is 10.6. The molecule has 12 aromatic rings. The highest BCUT2D eigenvalue weighted by atomic mass is 15.1. The van der Waals surface area contributed by atoms with Gasteiger partial charge >= 0.3 is 0 Å². The average molecular weight is 767 g/mol. The minimum absolute atomic E-state index is 0.584. The number of benzene rings is 8. The lowest BCUT2D eigenvalue weighted by molar-refractivity contribution is 1.05. The molecule has 12 rings (SSSR count). The summed E-state index contributed by atoms with van der Waals surface area (Å²) in [5, 5.41) is 7.23. The molecule has 6 heteroatoms. The number of nitrogens with zero attached hydrogens (tertiary/aromatic N) is 6. The van der Waals surface area contributed by atoms with Crippen molar-refractivity contribution >= 4 is 54.4 Å². The van der Waals surface area contributed by atoms with Crippen LogP contribution in [0.15, 0.2) is 206 Å². The van der Waals surface area contributed by atoms with E-state index in [1.165, 1.54) is 32.7 Å². The van der Waals surface area contributed by atoms with Gasteiger partial charge in [0.2, 0.25) is 0 Å². The van der Waals surface area contributed by atoms with Crippen molar-refractivity contribution in [1.29, 1.82) is 0 Å². The number of hydrogen-bond donors (Lipinski definition) is 0. The Labute approximate surface area is 345 Å². The maximum absolute atomic E-state index is 5.04. The summed E-state index contributed by atoms with van der Waals surface area (Å²) in [6, 6.07) is 70.3. The van der Waals surface area contributed by atoms with Crippen LogP contribution in [-0.4, -0.2) is 29.1 Å². The van der Waals surface area contributed by atoms with Crippen molar-refractivity contribution in [3.63, 3.8) is 0 Å². The fourth-order valence-corrected chi connectivity index (χ4v) is 8.82. The molecule has 0 spiro atoms. The summed E-state index contributed by atoms with van der Waals surface area (Å²) in [6.07, 6.45) is 1.86. The van der Waals surface area contributed by atoms with Crippen LogP contribution in [0.25, 0.3) is 111 Å². The summed E-state index contributed by atoms with van der Waals surface area (Å²) in [5.74, 6) is 2.60. The highest BCUT2D eigenvalue weighted by Crippen LogP contribution is 2.42. The second kappa shape index (κ2) is 13.7. The SMILES string of the molecule is c1ccc(-c2ccc(-n3c4cc5c(cc4c4c6ccccc6ccc43)c3ccccc3n5-c3cc(-c4nc(-c5ccccc5)nc(-c5ccccc5)n4)ccn3)cc2)cc1. The monoisotopic (exact) mass is 766 g/mol. The Bertz CT molecular complexity index is 3520. The van der Waals surface area contributed by atoms with Crippen LogP contribution in [0, 0.1) is 0 Å². The molecule has 0 saturated carbocycles. The van der Waals surface area contributed by atoms with Gasteiger partial charge in [0.1, 0.15) is 5.82 Å². The van der Waals surface area contributed by atoms with E-state index in [9.17, 15) is 0 Å². The van der Waals surface area contributed by atoms with Crippen molar-refractivity contribution in [1.82, 2.24) is 29.1 Å². The van der Waals surface area contributed by atoms with Gasteiger partial charge < -0.3 is 4.57 Å². The predicted molar refractivity (Wildman–Crippen MR) is 246 cm³/mol. The molecule has 0 aliphatic rings. The first-order valence-electron chi connectivity index (χ1n) is 20.1. The lowest BCUT2D eigenvalue weighted by Gasteiger charge is -2.12. The Hall–Kier alpha value is -8.22. The molecule has 60 heavy (non-hydrogen) atoms. The average Bonchev–Trinajstić information content (AvgIpc) is 3.83. The molecule has 0 atom stereocenters. The molecule has 0 bridgehead atoms. The third-order valence-corrected chi connectivity index (χ3v) is 11.6. The molecule has 0 fully saturated rings. The number of para-hydroxylation sites is 1. The third kappa shape index (κ3) is 5.50. The second-order valence-corrected chi connectivity index (χ2v) is 15.1. The quantitative estimate of drug-likeness (QED) is 0.169. The summed E-state index contributed by atoms with van der Waals surface area (Å²) >= 11 is 0. The minimum Gasteiger partial charge on any atom is -0.309 e. The highest BCUT2D eigenvalue weighted by molar-refractivity contribution is 6.25. The van der Waals surface area contributed by atoms with Crippen LogP contribution in [0.4, 0.5) is 0 Å². The zero-order valence-corrected chi connectivity index (χ0v) is 32.3. The maximum Gasteiger partial charge on any atom is 0.164 e. The molecule has 0 unspecified atom stereocenters. The molecule has 6 nitrogen and oxygen atoms in total. The van der Waals surface area contributed by atoms with Crippen molar-refractivity contribution in [2.24, 2.45) is 0 Å². The summed E-state index contributed by atoms with van der Waals surface area (Å²) in [4.78, 5) is 20.1. The molecule has 0 aliphatic heterocycles. The van der Waals surface area contributed by atoms with Gasteiger partial charge in [0.25, 0.3) is 0 Å². The molecular formula is C54H34N6. The fraction of sp³-hybridized carbons (Fsp3) is 0. The Kier molecular flexibility index (Phi) is 7.74. The lowest BCUT2D eigenvalue weighted by atomic mass is 10.0. The number of aromatic nitrogens is 6. The largest absolute Gasteiger partial charge is 0.309 e. The maximum atomic E-state index is 5.04. The van der Waals surface area contributed by atoms with Gasteiger partial charge in [-0.1, -0.05) is 152 Å². The van der Waals surface area contributed by atoms with Gasteiger partial charge in [0.15, 0.2) is 17.5 Å². The van der Waals surface area contributed by atoms with Gasteiger partial charge in [-0.15, -0.1) is 0 Å². The summed E-state index contributed by atoms with van der Waals surface area (Å²) < 4.78 is 4.70. The molecule has 280 valence electrons. The van der Waals surface area contributed by atoms with Crippen LogP contribution in [0.2, 0.25) is 0 Å². The van der Waals surface area contributed by atoms with E-state index in [2.05, 4.69) is 143 Å². The van der Waals surface area contributed by atoms with Crippen LogP contribution >= 0.6 is 0 Å². The molecule has 0 radical (unpaired) electrons. The topological polar surface area (TPSA) is 61.4 Å². The van der Waals surface area contributed by atoms with Crippen LogP contribution < -0.4 is 0 Å². The summed E-state index contributed by atoms with van der Waals surface area (Å²) in [7, 11) is 0. The number of hydrogen-bond acceptors (Lipinski definition) is 4. The third-order valence-electron chi connectivity index (χ3n) is 11.6. The van der Waals surface area contributed by atoms with E-state index in [0.29, 0.717) is 17.5 Å². The van der Waals surface area contributed by atoms with Gasteiger partial charge in [-0.2, -0.15) is 0 Å². The fourth-order valence-electron chi connectivity index (χ4n) is 8.82. The Balaban J connectivity index is 1.10. The molecular weight excluding hydrogens is 733 g/mol. The van der Waals surface area contributed by atoms with Crippen molar-refractivity contribution < 1.29 is 0 Å². The van der Waals surface area contributed by atoms with E-state index < -0.39 is 0 Å². The Morgan fingerprint density at radius 2 is 0.883 bits per heavy atom. The molecule has 0 N–H and O–H groups in total. The second-order valence-electron chi connectivity index (χ2n) is 15.1. The molecule has 0 amide bonds. The van der Waals surface area contributed by atoms with Gasteiger partial charge in [0, 0.05) is 50.1 Å². The van der Waals surface area contributed by atoms with Crippen molar-refractivity contribution in [3.8, 4) is 56.8 Å². The van der Waals surface area contributed by atoms with E-state index in [1.807, 2.05) is 72.9 Å². The Morgan fingerprint density at radius 1 is 0.317 bits per heavy atom. The number of rotatable bonds is 6. The van der Waals surface area contributed by atoms with Gasteiger partial charge in [-0.05, 0) is 70.4 Å². The van der Waals surface area contributed by atoms with Crippen molar-refractivity contribution in [2.75, 3.05) is 0 Å². The van der Waals surface area contributed by atoms with Gasteiger partial charge in [0.05, 0.1) is 22.1 Å². The number of pyridine rings is 1. The molecule has 0 aliphatic carbocycles. The first-order valence-corrected chi connectivity index (χ1v) is 20.1. The van der Waals surface area contributed by atoms with E-state index in [1.54, 1.807) is 0 Å². The first-order chi connectivity index (χ1) is 29.7. The first kappa shape index (κ1) is 33.9. The van der Waals surface area contributed by atoms with E-state index in [0.717, 1.165) is 61.0 Å². The Morgan fingerprint density at radius 3 is 1.58 bits per heavy atom. The van der Waals surface area contributed by atoms with Gasteiger partial charge in [-0.3, -0.25) is 4.57 Å². The molecule has 4 aromatic heterocycles. The van der Waals surface area contributed by atoms with Crippen LogP contribution in [0.3, 0.4) is 0 Å². The van der Waals surface area contributed by atoms with Gasteiger partial charge in [-0.25, -0.2) is 19.9 Å². The van der Waals surface area contributed by atoms with Crippen molar-refractivity contribution in [2.45, 2.75) is 0 Å². The van der Waals surface area contributed by atoms with Crippen LogP contribution in [0.1, 0.15) is 0 Å². The minimum atomic E-state index is 0.584. The molecule has 4 heterocycles. The zero-order chi connectivity index (χ0) is 39.6. The normalized spacial score (nSPS) is 11.7. The smallest absolute Gasteiger partial charge is 0.164 e. The highest BCUT2D eigenvalue weighted by Gasteiger charge is 2.21. The van der Waals surface area contributed by atoms with E-state index in [-0.39, 0.29) is 0 Å². The van der Waals surface area contributed by atoms with Crippen LogP contribution in [-0.2, 0) is 0 Å². The predicted octanol–water partition coefficient (Wildman–Crippen LogP) is 13.3. The number of fused-ring (bicyclic) bond motifs is 8. The van der Waals surface area contributed by atoms with E-state index >= 15 is 0 Å². The molecule has 8 aromatic carbocycles. The summed E-state index contributed by atoms with van der Waals surface area (Å²) in [6.45, 7) is 0. The molecule has 0 saturated heterocycles. The lowest BCUT2D eigenvalue weighted by Crippen LogP contribution is -2.02. The zero-order valence-electron chi connectivity index (χ0n) is 32.3. The van der Waals surface area contributed by atoms with Crippen LogP contribution in [0.5, 0.6) is 0 Å². The standard InChI is InChI=1S/C54H34N6/c1-4-14-35(15-5-1)36-24-27-41(28-25-36)59-47-29-26-37-16-10-11-21-42(37)51(47)45-33-44-43-22-12-13-23-46(43)60(48(44)34-49(45)59)50-32-40(30-31-55-50)54-57-52(38-17-6-2-7-18-38)56-53(58-54)39-19-8-3-9-20-39/h1-34H. The van der Waals surface area contributed by atoms with Crippen molar-refractivity contribution in [3.05, 3.63) is 206 Å². The van der Waals surface area contributed by atoms with E-state index in [4.69, 9.17) is 19.9 Å².